The number of amides is 1. The first kappa shape index (κ1) is 19.3. The number of aromatic nitrogens is 2. The summed E-state index contributed by atoms with van der Waals surface area (Å²) in [7, 11) is 0. The van der Waals surface area contributed by atoms with Gasteiger partial charge in [0.25, 0.3) is 5.56 Å². The Morgan fingerprint density at radius 2 is 2.04 bits per heavy atom. The van der Waals surface area contributed by atoms with Crippen LogP contribution in [0.3, 0.4) is 0 Å². The third-order valence-electron chi connectivity index (χ3n) is 5.16. The quantitative estimate of drug-likeness (QED) is 0.847. The molecule has 0 aliphatic carbocycles. The van der Waals surface area contributed by atoms with Crippen LogP contribution < -0.4 is 10.9 Å². The molecule has 144 valence electrons. The molecule has 0 spiro atoms. The summed E-state index contributed by atoms with van der Waals surface area (Å²) in [6.07, 6.45) is 1.62. The van der Waals surface area contributed by atoms with Gasteiger partial charge in [-0.3, -0.25) is 19.1 Å². The van der Waals surface area contributed by atoms with Gasteiger partial charge in [0.1, 0.15) is 12.4 Å². The minimum absolute atomic E-state index is 0.0218. The van der Waals surface area contributed by atoms with Gasteiger partial charge in [-0.25, -0.2) is 4.98 Å². The van der Waals surface area contributed by atoms with Crippen LogP contribution in [0.15, 0.2) is 35.1 Å². The predicted molar refractivity (Wildman–Crippen MR) is 105 cm³/mol. The van der Waals surface area contributed by atoms with Gasteiger partial charge in [-0.2, -0.15) is 0 Å². The van der Waals surface area contributed by atoms with E-state index in [9.17, 15) is 9.59 Å². The maximum atomic E-state index is 13.0. The highest BCUT2D eigenvalue weighted by Gasteiger charge is 2.23. The SMILES string of the molecule is CCC(C)NC(=O)Cn1c(C)nc2c(c1=O)CN(Cc1ccccc1)CC2. The van der Waals surface area contributed by atoms with Crippen LogP contribution >= 0.6 is 0 Å². The Balaban J connectivity index is 1.79. The molecule has 2 aromatic rings. The van der Waals surface area contributed by atoms with Crippen molar-refractivity contribution in [1.29, 1.82) is 0 Å². The van der Waals surface area contributed by atoms with Crippen LogP contribution in [0.1, 0.15) is 42.9 Å². The molecule has 1 aromatic carbocycles. The topological polar surface area (TPSA) is 67.2 Å². The molecule has 1 aliphatic heterocycles. The summed E-state index contributed by atoms with van der Waals surface area (Å²) >= 11 is 0. The number of rotatable bonds is 6. The zero-order chi connectivity index (χ0) is 19.4. The molecule has 0 saturated heterocycles. The van der Waals surface area contributed by atoms with Crippen molar-refractivity contribution in [2.75, 3.05) is 6.54 Å². The third kappa shape index (κ3) is 4.63. The number of benzene rings is 1. The van der Waals surface area contributed by atoms with Crippen LogP contribution in [-0.2, 0) is 30.8 Å². The molecule has 27 heavy (non-hydrogen) atoms. The van der Waals surface area contributed by atoms with Gasteiger partial charge in [-0.05, 0) is 25.8 Å². The molecule has 6 nitrogen and oxygen atoms in total. The molecule has 1 N–H and O–H groups in total. The number of fused-ring (bicyclic) bond motifs is 1. The van der Waals surface area contributed by atoms with E-state index in [1.54, 1.807) is 6.92 Å². The van der Waals surface area contributed by atoms with E-state index in [0.717, 1.165) is 37.2 Å². The lowest BCUT2D eigenvalue weighted by Crippen LogP contribution is -2.42. The zero-order valence-electron chi connectivity index (χ0n) is 16.4. The van der Waals surface area contributed by atoms with Gasteiger partial charge in [-0.1, -0.05) is 37.3 Å². The van der Waals surface area contributed by atoms with Crippen molar-refractivity contribution in [3.05, 3.63) is 63.3 Å². The van der Waals surface area contributed by atoms with Crippen molar-refractivity contribution in [2.45, 2.75) is 59.3 Å². The zero-order valence-corrected chi connectivity index (χ0v) is 16.4. The highest BCUT2D eigenvalue weighted by Crippen LogP contribution is 2.17. The van der Waals surface area contributed by atoms with E-state index in [2.05, 4.69) is 27.3 Å². The summed E-state index contributed by atoms with van der Waals surface area (Å²) < 4.78 is 1.50. The van der Waals surface area contributed by atoms with E-state index in [-0.39, 0.29) is 24.1 Å². The second kappa shape index (κ2) is 8.48. The molecule has 0 radical (unpaired) electrons. The van der Waals surface area contributed by atoms with E-state index in [1.165, 1.54) is 10.1 Å². The fraction of sp³-hybridized carbons (Fsp3) is 0.476. The molecule has 1 amide bonds. The fourth-order valence-electron chi connectivity index (χ4n) is 3.42. The third-order valence-corrected chi connectivity index (χ3v) is 5.16. The number of nitrogens with one attached hydrogen (secondary N) is 1. The molecule has 2 heterocycles. The monoisotopic (exact) mass is 368 g/mol. The van der Waals surface area contributed by atoms with E-state index < -0.39 is 0 Å². The molecule has 0 fully saturated rings. The van der Waals surface area contributed by atoms with Crippen molar-refractivity contribution in [1.82, 2.24) is 19.8 Å². The first-order valence-corrected chi connectivity index (χ1v) is 9.62. The molecule has 3 rings (SSSR count). The van der Waals surface area contributed by atoms with Gasteiger partial charge >= 0.3 is 0 Å². The molecule has 6 heteroatoms. The maximum absolute atomic E-state index is 13.0. The summed E-state index contributed by atoms with van der Waals surface area (Å²) in [6, 6.07) is 10.4. The lowest BCUT2D eigenvalue weighted by atomic mass is 10.1. The summed E-state index contributed by atoms with van der Waals surface area (Å²) in [5, 5.41) is 2.92. The number of carbonyl (C=O) groups excluding carboxylic acids is 1. The van der Waals surface area contributed by atoms with Crippen LogP contribution in [0.25, 0.3) is 0 Å². The van der Waals surface area contributed by atoms with Gasteiger partial charge in [0, 0.05) is 32.1 Å². The van der Waals surface area contributed by atoms with Gasteiger partial charge in [0.15, 0.2) is 0 Å². The molecule has 0 bridgehead atoms. The molecule has 1 unspecified atom stereocenters. The average Bonchev–Trinajstić information content (AvgIpc) is 2.66. The van der Waals surface area contributed by atoms with Gasteiger partial charge < -0.3 is 5.32 Å². The molecule has 0 saturated carbocycles. The van der Waals surface area contributed by atoms with E-state index in [1.807, 2.05) is 32.0 Å². The van der Waals surface area contributed by atoms with Crippen molar-refractivity contribution >= 4 is 5.91 Å². The Morgan fingerprint density at radius 3 is 2.74 bits per heavy atom. The van der Waals surface area contributed by atoms with E-state index in [0.29, 0.717) is 12.4 Å². The maximum Gasteiger partial charge on any atom is 0.258 e. The Labute approximate surface area is 160 Å². The van der Waals surface area contributed by atoms with Crippen LogP contribution in [0.5, 0.6) is 0 Å². The van der Waals surface area contributed by atoms with Gasteiger partial charge in [0.2, 0.25) is 5.91 Å². The first-order valence-electron chi connectivity index (χ1n) is 9.62. The minimum Gasteiger partial charge on any atom is -0.352 e. The average molecular weight is 368 g/mol. The molecular formula is C21H28N4O2. The summed E-state index contributed by atoms with van der Waals surface area (Å²) in [6.45, 7) is 8.06. The normalized spacial score (nSPS) is 15.2. The Bertz CT molecular complexity index is 860. The highest BCUT2D eigenvalue weighted by molar-refractivity contribution is 5.76. The highest BCUT2D eigenvalue weighted by atomic mass is 16.2. The lowest BCUT2D eigenvalue weighted by molar-refractivity contribution is -0.122. The van der Waals surface area contributed by atoms with Crippen LogP contribution in [0.4, 0.5) is 0 Å². The van der Waals surface area contributed by atoms with Crippen LogP contribution in [-0.4, -0.2) is 32.9 Å². The molecule has 1 aliphatic rings. The molecular weight excluding hydrogens is 340 g/mol. The number of aryl methyl sites for hydroxylation is 1. The largest absolute Gasteiger partial charge is 0.352 e. The van der Waals surface area contributed by atoms with Gasteiger partial charge in [-0.15, -0.1) is 0 Å². The molecule has 1 aromatic heterocycles. The summed E-state index contributed by atoms with van der Waals surface area (Å²) in [5.41, 5.74) is 2.74. The second-order valence-electron chi connectivity index (χ2n) is 7.30. The standard InChI is InChI=1S/C21H28N4O2/c1-4-15(2)22-20(26)14-25-16(3)23-19-10-11-24(13-18(19)21(25)27)12-17-8-6-5-7-9-17/h5-9,15H,4,10-14H2,1-3H3,(H,22,26). The van der Waals surface area contributed by atoms with Crippen LogP contribution in [0.2, 0.25) is 0 Å². The number of nitrogens with zero attached hydrogens (tertiary/aromatic N) is 3. The minimum atomic E-state index is -0.145. The molecule has 1 atom stereocenters. The fourth-order valence-corrected chi connectivity index (χ4v) is 3.42. The Hall–Kier alpha value is -2.47. The first-order chi connectivity index (χ1) is 13.0. The van der Waals surface area contributed by atoms with Crippen LogP contribution in [0, 0.1) is 6.92 Å². The predicted octanol–water partition coefficient (Wildman–Crippen LogP) is 2.02. The number of carbonyl (C=O) groups is 1. The van der Waals surface area contributed by atoms with Crippen molar-refractivity contribution in [3.8, 4) is 0 Å². The number of hydrogen-bond donors (Lipinski definition) is 1. The Kier molecular flexibility index (Phi) is 6.06. The van der Waals surface area contributed by atoms with E-state index in [4.69, 9.17) is 0 Å². The summed E-state index contributed by atoms with van der Waals surface area (Å²) in [4.78, 5) is 32.2. The Morgan fingerprint density at radius 1 is 1.30 bits per heavy atom. The van der Waals surface area contributed by atoms with Crippen molar-refractivity contribution < 1.29 is 4.79 Å². The number of hydrogen-bond acceptors (Lipinski definition) is 4. The lowest BCUT2D eigenvalue weighted by Gasteiger charge is -2.28. The second-order valence-corrected chi connectivity index (χ2v) is 7.30. The van der Waals surface area contributed by atoms with Crippen molar-refractivity contribution in [3.63, 3.8) is 0 Å². The van der Waals surface area contributed by atoms with Gasteiger partial charge in [0.05, 0.1) is 11.3 Å². The van der Waals surface area contributed by atoms with E-state index >= 15 is 0 Å². The van der Waals surface area contributed by atoms with Crippen molar-refractivity contribution in [2.24, 2.45) is 0 Å². The smallest absolute Gasteiger partial charge is 0.258 e. The summed E-state index contributed by atoms with van der Waals surface area (Å²) in [5.74, 6) is 0.461.